The molecule has 0 atom stereocenters. The molecule has 0 aliphatic carbocycles. The zero-order valence-corrected chi connectivity index (χ0v) is 15.6. The number of methoxy groups -OCH3 is 2. The van der Waals surface area contributed by atoms with E-state index in [-0.39, 0.29) is 0 Å². The number of benzene rings is 3. The fraction of sp³-hybridized carbons (Fsp3) is 0.182. The fourth-order valence-corrected chi connectivity index (χ4v) is 2.83. The van der Waals surface area contributed by atoms with Crippen molar-refractivity contribution >= 4 is 11.4 Å². The summed E-state index contributed by atoms with van der Waals surface area (Å²) in [4.78, 5) is 0. The molecule has 0 heterocycles. The minimum Gasteiger partial charge on any atom is -0.497 e. The van der Waals surface area contributed by atoms with Gasteiger partial charge in [-0.05, 0) is 53.4 Å². The predicted octanol–water partition coefficient (Wildman–Crippen LogP) is 4.04. The lowest BCUT2D eigenvalue weighted by atomic mass is 10.0. The molecule has 5 heteroatoms. The van der Waals surface area contributed by atoms with Gasteiger partial charge < -0.3 is 25.7 Å². The first-order valence-electron chi connectivity index (χ1n) is 8.66. The Hall–Kier alpha value is -3.34. The lowest BCUT2D eigenvalue weighted by Crippen LogP contribution is -2.01. The van der Waals surface area contributed by atoms with E-state index < -0.39 is 0 Å². The number of rotatable bonds is 7. The van der Waals surface area contributed by atoms with E-state index in [9.17, 15) is 0 Å². The number of nitrogen functional groups attached to an aromatic ring is 2. The summed E-state index contributed by atoms with van der Waals surface area (Å²) in [6.45, 7) is 0.446. The van der Waals surface area contributed by atoms with Crippen molar-refractivity contribution in [3.8, 4) is 17.2 Å². The van der Waals surface area contributed by atoms with E-state index in [0.717, 1.165) is 22.4 Å². The Morgan fingerprint density at radius 1 is 0.778 bits per heavy atom. The van der Waals surface area contributed by atoms with Crippen LogP contribution in [0.15, 0.2) is 60.7 Å². The number of hydrogen-bond acceptors (Lipinski definition) is 5. The molecule has 0 radical (unpaired) electrons. The molecule has 0 aliphatic rings. The molecule has 3 rings (SSSR count). The van der Waals surface area contributed by atoms with Gasteiger partial charge in [-0.3, -0.25) is 0 Å². The number of para-hydroxylation sites is 1. The maximum absolute atomic E-state index is 6.07. The molecule has 0 fully saturated rings. The summed E-state index contributed by atoms with van der Waals surface area (Å²) in [7, 11) is 3.28. The first-order chi connectivity index (χ1) is 13.1. The Bertz CT molecular complexity index is 908. The maximum atomic E-state index is 6.07. The Morgan fingerprint density at radius 2 is 1.52 bits per heavy atom. The molecular formula is C22H24N2O3. The van der Waals surface area contributed by atoms with Gasteiger partial charge in [0.05, 0.1) is 25.6 Å². The fourth-order valence-electron chi connectivity index (χ4n) is 2.83. The van der Waals surface area contributed by atoms with Crippen molar-refractivity contribution in [1.82, 2.24) is 0 Å². The van der Waals surface area contributed by atoms with E-state index in [1.807, 2.05) is 54.6 Å². The highest BCUT2D eigenvalue weighted by atomic mass is 16.5. The second-order valence-corrected chi connectivity index (χ2v) is 6.22. The van der Waals surface area contributed by atoms with Crippen LogP contribution >= 0.6 is 0 Å². The van der Waals surface area contributed by atoms with E-state index in [4.69, 9.17) is 25.7 Å². The van der Waals surface area contributed by atoms with Crippen LogP contribution in [0.2, 0.25) is 0 Å². The predicted molar refractivity (Wildman–Crippen MR) is 108 cm³/mol. The first kappa shape index (κ1) is 18.5. The van der Waals surface area contributed by atoms with Gasteiger partial charge in [0, 0.05) is 0 Å². The van der Waals surface area contributed by atoms with Gasteiger partial charge in [0.25, 0.3) is 0 Å². The van der Waals surface area contributed by atoms with Crippen molar-refractivity contribution in [1.29, 1.82) is 0 Å². The standard InChI is InChI=1S/C22H24N2O3/c1-25-18-9-6-15(7-10-18)14-27-20-11-8-16(13-21(20)26-2)12-17-4-3-5-19(23)22(17)24/h3-11,13H,12,14,23-24H2,1-2H3. The number of anilines is 2. The Balaban J connectivity index is 1.72. The second kappa shape index (κ2) is 8.36. The zero-order chi connectivity index (χ0) is 19.2. The first-order valence-corrected chi connectivity index (χ1v) is 8.66. The second-order valence-electron chi connectivity index (χ2n) is 6.22. The third kappa shape index (κ3) is 4.44. The van der Waals surface area contributed by atoms with Crippen molar-refractivity contribution in [2.24, 2.45) is 0 Å². The largest absolute Gasteiger partial charge is 0.497 e. The van der Waals surface area contributed by atoms with Crippen LogP contribution in [0.3, 0.4) is 0 Å². The molecule has 0 aliphatic heterocycles. The third-order valence-corrected chi connectivity index (χ3v) is 4.41. The summed E-state index contributed by atoms with van der Waals surface area (Å²) in [6, 6.07) is 19.3. The van der Waals surface area contributed by atoms with Crippen molar-refractivity contribution < 1.29 is 14.2 Å². The van der Waals surface area contributed by atoms with Crippen molar-refractivity contribution in [2.75, 3.05) is 25.7 Å². The summed E-state index contributed by atoms with van der Waals surface area (Å²) in [5.41, 5.74) is 16.3. The van der Waals surface area contributed by atoms with Gasteiger partial charge >= 0.3 is 0 Å². The number of hydrogen-bond donors (Lipinski definition) is 2. The highest BCUT2D eigenvalue weighted by Crippen LogP contribution is 2.31. The summed E-state index contributed by atoms with van der Waals surface area (Å²) in [5.74, 6) is 2.20. The smallest absolute Gasteiger partial charge is 0.161 e. The van der Waals surface area contributed by atoms with Gasteiger partial charge in [-0.25, -0.2) is 0 Å². The molecule has 0 saturated carbocycles. The molecule has 0 unspecified atom stereocenters. The summed E-state index contributed by atoms with van der Waals surface area (Å²) < 4.78 is 16.6. The van der Waals surface area contributed by atoms with Crippen LogP contribution in [0.4, 0.5) is 11.4 Å². The monoisotopic (exact) mass is 364 g/mol. The average molecular weight is 364 g/mol. The van der Waals surface area contributed by atoms with E-state index in [2.05, 4.69) is 0 Å². The molecule has 0 spiro atoms. The van der Waals surface area contributed by atoms with Gasteiger partial charge in [0.2, 0.25) is 0 Å². The molecule has 5 nitrogen and oxygen atoms in total. The van der Waals surface area contributed by atoms with Gasteiger partial charge in [-0.15, -0.1) is 0 Å². The van der Waals surface area contributed by atoms with Gasteiger partial charge in [0.15, 0.2) is 11.5 Å². The third-order valence-electron chi connectivity index (χ3n) is 4.41. The maximum Gasteiger partial charge on any atom is 0.161 e. The molecule has 3 aromatic rings. The van der Waals surface area contributed by atoms with E-state index >= 15 is 0 Å². The van der Waals surface area contributed by atoms with E-state index in [1.54, 1.807) is 20.3 Å². The van der Waals surface area contributed by atoms with Crippen LogP contribution in [-0.4, -0.2) is 14.2 Å². The van der Waals surface area contributed by atoms with Crippen LogP contribution in [0.25, 0.3) is 0 Å². The van der Waals surface area contributed by atoms with E-state index in [1.165, 1.54) is 0 Å². The highest BCUT2D eigenvalue weighted by Gasteiger charge is 2.09. The lowest BCUT2D eigenvalue weighted by molar-refractivity contribution is 0.284. The minimum atomic E-state index is 0.446. The summed E-state index contributed by atoms with van der Waals surface area (Å²) in [5, 5.41) is 0. The summed E-state index contributed by atoms with van der Waals surface area (Å²) >= 11 is 0. The molecule has 27 heavy (non-hydrogen) atoms. The molecule has 0 bridgehead atoms. The van der Waals surface area contributed by atoms with Crippen molar-refractivity contribution in [2.45, 2.75) is 13.0 Å². The Labute approximate surface area is 159 Å². The van der Waals surface area contributed by atoms with Crippen LogP contribution in [-0.2, 0) is 13.0 Å². The Morgan fingerprint density at radius 3 is 2.22 bits per heavy atom. The van der Waals surface area contributed by atoms with Crippen LogP contribution in [0.5, 0.6) is 17.2 Å². The van der Waals surface area contributed by atoms with Gasteiger partial charge in [0.1, 0.15) is 12.4 Å². The average Bonchev–Trinajstić information content (AvgIpc) is 2.70. The molecule has 140 valence electrons. The van der Waals surface area contributed by atoms with Crippen molar-refractivity contribution in [3.63, 3.8) is 0 Å². The SMILES string of the molecule is COc1ccc(COc2ccc(Cc3cccc(N)c3N)cc2OC)cc1. The number of ether oxygens (including phenoxy) is 3. The highest BCUT2D eigenvalue weighted by molar-refractivity contribution is 5.68. The van der Waals surface area contributed by atoms with Crippen LogP contribution in [0.1, 0.15) is 16.7 Å². The minimum absolute atomic E-state index is 0.446. The molecule has 0 amide bonds. The topological polar surface area (TPSA) is 79.7 Å². The molecule has 0 saturated heterocycles. The molecule has 4 N–H and O–H groups in total. The Kier molecular flexibility index (Phi) is 5.71. The normalized spacial score (nSPS) is 10.4. The molecule has 3 aromatic carbocycles. The van der Waals surface area contributed by atoms with E-state index in [0.29, 0.717) is 35.9 Å². The zero-order valence-electron chi connectivity index (χ0n) is 15.6. The lowest BCUT2D eigenvalue weighted by Gasteiger charge is -2.13. The van der Waals surface area contributed by atoms with Gasteiger partial charge in [-0.1, -0.05) is 30.3 Å². The van der Waals surface area contributed by atoms with Gasteiger partial charge in [-0.2, -0.15) is 0 Å². The van der Waals surface area contributed by atoms with Crippen LogP contribution < -0.4 is 25.7 Å². The molecular weight excluding hydrogens is 340 g/mol. The molecule has 0 aromatic heterocycles. The quantitative estimate of drug-likeness (QED) is 0.619. The summed E-state index contributed by atoms with van der Waals surface area (Å²) in [6.07, 6.45) is 0.673. The van der Waals surface area contributed by atoms with Crippen molar-refractivity contribution in [3.05, 3.63) is 77.4 Å². The number of nitrogens with two attached hydrogens (primary N) is 2. The van der Waals surface area contributed by atoms with Crippen LogP contribution in [0, 0.1) is 0 Å².